The van der Waals surface area contributed by atoms with E-state index in [1.807, 2.05) is 25.7 Å². The first-order valence-corrected chi connectivity index (χ1v) is 7.46. The number of amides is 1. The Balaban J connectivity index is 1.85. The molecule has 0 saturated carbocycles. The molecule has 8 heteroatoms. The van der Waals surface area contributed by atoms with Gasteiger partial charge in [-0.15, -0.1) is 0 Å². The van der Waals surface area contributed by atoms with E-state index >= 15 is 0 Å². The summed E-state index contributed by atoms with van der Waals surface area (Å²) in [5.74, 6) is 0.857. The van der Waals surface area contributed by atoms with E-state index in [-0.39, 0.29) is 11.4 Å². The summed E-state index contributed by atoms with van der Waals surface area (Å²) >= 11 is 5.88. The molecule has 2 heterocycles. The van der Waals surface area contributed by atoms with Crippen LogP contribution in [0.1, 0.15) is 27.7 Å². The molecule has 7 nitrogen and oxygen atoms in total. The number of ether oxygens (including phenoxy) is 1. The van der Waals surface area contributed by atoms with Crippen LogP contribution in [0.2, 0.25) is 5.15 Å². The highest BCUT2D eigenvalue weighted by Gasteiger charge is 2.40. The summed E-state index contributed by atoms with van der Waals surface area (Å²) in [5, 5.41) is 3.13. The number of aromatic nitrogens is 2. The Bertz CT molecular complexity index is 547. The van der Waals surface area contributed by atoms with Gasteiger partial charge in [-0.3, -0.25) is 0 Å². The zero-order valence-corrected chi connectivity index (χ0v) is 14.1. The van der Waals surface area contributed by atoms with Gasteiger partial charge in [-0.05, 0) is 20.8 Å². The summed E-state index contributed by atoms with van der Waals surface area (Å²) in [6, 6.07) is 1.68. The van der Waals surface area contributed by atoms with Crippen molar-refractivity contribution >= 4 is 29.5 Å². The summed E-state index contributed by atoms with van der Waals surface area (Å²) in [6.07, 6.45) is -0.401. The average molecular weight is 328 g/mol. The molecular formula is C14H22ClN5O2. The predicted molar refractivity (Wildman–Crippen MR) is 86.0 cm³/mol. The Labute approximate surface area is 135 Å². The number of alkyl carbamates (subject to hydrolysis) is 1. The fourth-order valence-electron chi connectivity index (χ4n) is 2.33. The molecule has 1 aromatic heterocycles. The van der Waals surface area contributed by atoms with Crippen LogP contribution in [0.4, 0.5) is 16.6 Å². The minimum atomic E-state index is -0.494. The van der Waals surface area contributed by atoms with Crippen LogP contribution in [-0.2, 0) is 4.74 Å². The van der Waals surface area contributed by atoms with Gasteiger partial charge >= 0.3 is 6.09 Å². The number of nitrogen functional groups attached to an aromatic ring is 1. The van der Waals surface area contributed by atoms with E-state index in [1.165, 1.54) is 0 Å². The molecule has 1 amide bonds. The Morgan fingerprint density at radius 3 is 2.68 bits per heavy atom. The van der Waals surface area contributed by atoms with Crippen LogP contribution in [0.15, 0.2) is 6.07 Å². The number of hydrogen-bond donors (Lipinski definition) is 2. The molecule has 3 N–H and O–H groups in total. The molecule has 0 aromatic carbocycles. The second-order valence-electron chi connectivity index (χ2n) is 6.93. The van der Waals surface area contributed by atoms with Gasteiger partial charge < -0.3 is 20.7 Å². The van der Waals surface area contributed by atoms with Crippen LogP contribution in [0.5, 0.6) is 0 Å². The van der Waals surface area contributed by atoms with E-state index in [0.717, 1.165) is 13.1 Å². The monoisotopic (exact) mass is 327 g/mol. The molecule has 1 aromatic rings. The number of nitrogens with zero attached hydrogens (tertiary/aromatic N) is 3. The van der Waals surface area contributed by atoms with Gasteiger partial charge in [-0.2, -0.15) is 4.98 Å². The fourth-order valence-corrected chi connectivity index (χ4v) is 2.52. The molecule has 1 fully saturated rings. The number of hydrogen-bond acceptors (Lipinski definition) is 6. The second-order valence-corrected chi connectivity index (χ2v) is 7.32. The van der Waals surface area contributed by atoms with Crippen molar-refractivity contribution in [1.29, 1.82) is 0 Å². The number of carbonyl (C=O) groups is 1. The summed E-state index contributed by atoms with van der Waals surface area (Å²) < 4.78 is 5.23. The Morgan fingerprint density at radius 1 is 1.50 bits per heavy atom. The van der Waals surface area contributed by atoms with Gasteiger partial charge in [0.25, 0.3) is 0 Å². The normalized spacial score (nSPS) is 16.9. The summed E-state index contributed by atoms with van der Waals surface area (Å²) in [5.41, 5.74) is 5.06. The lowest BCUT2D eigenvalue weighted by atomic mass is 9.82. The predicted octanol–water partition coefficient (Wildman–Crippen LogP) is 2.06. The lowest BCUT2D eigenvalue weighted by Gasteiger charge is -2.48. The van der Waals surface area contributed by atoms with Crippen molar-refractivity contribution in [3.63, 3.8) is 0 Å². The number of halogens is 1. The number of nitrogens with two attached hydrogens (primary N) is 1. The van der Waals surface area contributed by atoms with Crippen molar-refractivity contribution < 1.29 is 9.53 Å². The van der Waals surface area contributed by atoms with Gasteiger partial charge in [-0.25, -0.2) is 9.78 Å². The van der Waals surface area contributed by atoms with Crippen LogP contribution >= 0.6 is 11.6 Å². The number of rotatable bonds is 3. The highest BCUT2D eigenvalue weighted by Crippen LogP contribution is 2.33. The highest BCUT2D eigenvalue weighted by atomic mass is 35.5. The van der Waals surface area contributed by atoms with Crippen LogP contribution < -0.4 is 16.0 Å². The first-order valence-electron chi connectivity index (χ1n) is 7.08. The lowest BCUT2D eigenvalue weighted by Crippen LogP contribution is -2.60. The van der Waals surface area contributed by atoms with Crippen molar-refractivity contribution in [2.24, 2.45) is 5.41 Å². The molecule has 22 heavy (non-hydrogen) atoms. The molecule has 0 bridgehead atoms. The zero-order valence-electron chi connectivity index (χ0n) is 13.3. The number of anilines is 2. The topological polar surface area (TPSA) is 93.4 Å². The maximum absolute atomic E-state index is 11.7. The van der Waals surface area contributed by atoms with Crippen molar-refractivity contribution in [1.82, 2.24) is 15.3 Å². The molecule has 1 aliphatic heterocycles. The average Bonchev–Trinajstić information content (AvgIpc) is 2.29. The van der Waals surface area contributed by atoms with Gasteiger partial charge in [0.1, 0.15) is 16.6 Å². The van der Waals surface area contributed by atoms with Crippen LogP contribution in [0, 0.1) is 5.41 Å². The molecule has 0 spiro atoms. The van der Waals surface area contributed by atoms with E-state index in [9.17, 15) is 4.79 Å². The summed E-state index contributed by atoms with van der Waals surface area (Å²) in [7, 11) is 0. The first kappa shape index (κ1) is 16.6. The van der Waals surface area contributed by atoms with Crippen molar-refractivity contribution in [3.05, 3.63) is 11.2 Å². The van der Waals surface area contributed by atoms with Gasteiger partial charge in [-0.1, -0.05) is 18.5 Å². The SMILES string of the molecule is CC1(CNC(=O)OC(C)(C)C)CN(c2cc(Cl)nc(N)n2)C1. The van der Waals surface area contributed by atoms with E-state index in [2.05, 4.69) is 22.2 Å². The standard InChI is InChI=1S/C14H22ClN5O2/c1-13(2,3)22-12(21)17-6-14(4)7-20(8-14)10-5-9(15)18-11(16)19-10/h5H,6-8H2,1-4H3,(H,17,21)(H2,16,18,19). The van der Waals surface area contributed by atoms with Crippen LogP contribution in [0.3, 0.4) is 0 Å². The van der Waals surface area contributed by atoms with Crippen molar-refractivity contribution in [2.45, 2.75) is 33.3 Å². The van der Waals surface area contributed by atoms with Gasteiger partial charge in [0.2, 0.25) is 5.95 Å². The maximum atomic E-state index is 11.7. The van der Waals surface area contributed by atoms with E-state index in [1.54, 1.807) is 6.07 Å². The van der Waals surface area contributed by atoms with Crippen molar-refractivity contribution in [2.75, 3.05) is 30.3 Å². The summed E-state index contributed by atoms with van der Waals surface area (Å²) in [6.45, 7) is 9.62. The lowest BCUT2D eigenvalue weighted by molar-refractivity contribution is 0.0494. The molecule has 0 radical (unpaired) electrons. The molecule has 1 saturated heterocycles. The van der Waals surface area contributed by atoms with Crippen LogP contribution in [-0.4, -0.2) is 41.3 Å². The third-order valence-corrected chi connectivity index (χ3v) is 3.42. The summed E-state index contributed by atoms with van der Waals surface area (Å²) in [4.78, 5) is 21.7. The van der Waals surface area contributed by atoms with Crippen LogP contribution in [0.25, 0.3) is 0 Å². The molecule has 0 atom stereocenters. The Hall–Kier alpha value is -1.76. The fraction of sp³-hybridized carbons (Fsp3) is 0.643. The number of nitrogens with one attached hydrogen (secondary N) is 1. The Kier molecular flexibility index (Phi) is 4.37. The van der Waals surface area contributed by atoms with Gasteiger partial charge in [0.05, 0.1) is 0 Å². The molecule has 1 aliphatic rings. The highest BCUT2D eigenvalue weighted by molar-refractivity contribution is 6.29. The minimum absolute atomic E-state index is 0.0386. The maximum Gasteiger partial charge on any atom is 0.407 e. The quantitative estimate of drug-likeness (QED) is 0.825. The smallest absolute Gasteiger partial charge is 0.407 e. The van der Waals surface area contributed by atoms with E-state index in [0.29, 0.717) is 17.5 Å². The molecule has 122 valence electrons. The zero-order chi connectivity index (χ0) is 16.5. The van der Waals surface area contributed by atoms with E-state index in [4.69, 9.17) is 22.1 Å². The third kappa shape index (κ3) is 4.37. The Morgan fingerprint density at radius 2 is 2.14 bits per heavy atom. The first-order chi connectivity index (χ1) is 10.1. The van der Waals surface area contributed by atoms with Gasteiger partial charge in [0, 0.05) is 31.1 Å². The molecule has 0 unspecified atom stereocenters. The largest absolute Gasteiger partial charge is 0.444 e. The van der Waals surface area contributed by atoms with Crippen molar-refractivity contribution in [3.8, 4) is 0 Å². The third-order valence-electron chi connectivity index (χ3n) is 3.23. The molecular weight excluding hydrogens is 306 g/mol. The number of carbonyl (C=O) groups excluding carboxylic acids is 1. The second kappa shape index (κ2) is 5.79. The molecule has 2 rings (SSSR count). The minimum Gasteiger partial charge on any atom is -0.444 e. The molecule has 0 aliphatic carbocycles. The van der Waals surface area contributed by atoms with Gasteiger partial charge in [0.15, 0.2) is 0 Å². The van der Waals surface area contributed by atoms with E-state index < -0.39 is 11.7 Å².